The van der Waals surface area contributed by atoms with Crippen molar-refractivity contribution in [1.82, 2.24) is 9.88 Å². The van der Waals surface area contributed by atoms with E-state index in [1.54, 1.807) is 17.5 Å². The number of rotatable bonds is 6. The van der Waals surface area contributed by atoms with E-state index in [0.717, 1.165) is 12.1 Å². The van der Waals surface area contributed by atoms with E-state index < -0.39 is 0 Å². The largest absolute Gasteiger partial charge is 0.396 e. The number of thiazole rings is 1. The normalized spacial score (nSPS) is 10.3. The van der Waals surface area contributed by atoms with E-state index in [-0.39, 0.29) is 12.5 Å². The second kappa shape index (κ2) is 6.53. The lowest BCUT2D eigenvalue weighted by atomic mass is 10.2. The summed E-state index contributed by atoms with van der Waals surface area (Å²) in [5, 5.41) is 10.5. The van der Waals surface area contributed by atoms with Crippen LogP contribution in [0.5, 0.6) is 0 Å². The van der Waals surface area contributed by atoms with Crippen molar-refractivity contribution in [2.45, 2.75) is 25.8 Å². The van der Waals surface area contributed by atoms with Gasteiger partial charge in [0.25, 0.3) is 0 Å². The van der Waals surface area contributed by atoms with Gasteiger partial charge in [-0.1, -0.05) is 0 Å². The van der Waals surface area contributed by atoms with Crippen LogP contribution < -0.4 is 0 Å². The first-order valence-corrected chi connectivity index (χ1v) is 5.90. The third-order valence-electron chi connectivity index (χ3n) is 2.11. The van der Waals surface area contributed by atoms with Crippen LogP contribution >= 0.6 is 11.3 Å². The lowest BCUT2D eigenvalue weighted by molar-refractivity contribution is -0.130. The molecule has 84 valence electrons. The van der Waals surface area contributed by atoms with Crippen LogP contribution in [0.2, 0.25) is 0 Å². The number of carbonyl (C=O) groups excluding carboxylic acids is 1. The molecule has 1 aromatic rings. The molecule has 0 aliphatic heterocycles. The molecule has 0 fully saturated rings. The maximum absolute atomic E-state index is 11.6. The van der Waals surface area contributed by atoms with Crippen LogP contribution in [0, 0.1) is 0 Å². The molecule has 0 unspecified atom stereocenters. The van der Waals surface area contributed by atoms with Crippen molar-refractivity contribution >= 4 is 17.2 Å². The van der Waals surface area contributed by atoms with Crippen LogP contribution in [0.4, 0.5) is 0 Å². The topological polar surface area (TPSA) is 53.4 Å². The molecule has 15 heavy (non-hydrogen) atoms. The highest BCUT2D eigenvalue weighted by Gasteiger charge is 2.09. The smallest absolute Gasteiger partial charge is 0.222 e. The standard InChI is InChI=1S/C10H16N2O2S/c1-12(6-9-7-15-8-11-9)10(14)4-2-3-5-13/h7-8,13H,2-6H2,1H3. The molecule has 5 heteroatoms. The highest BCUT2D eigenvalue weighted by atomic mass is 32.1. The van der Waals surface area contributed by atoms with Crippen molar-refractivity contribution in [1.29, 1.82) is 0 Å². The number of carbonyl (C=O) groups is 1. The van der Waals surface area contributed by atoms with E-state index in [2.05, 4.69) is 4.98 Å². The summed E-state index contributed by atoms with van der Waals surface area (Å²) in [6.07, 6.45) is 1.94. The van der Waals surface area contributed by atoms with Crippen LogP contribution in [0.3, 0.4) is 0 Å². The van der Waals surface area contributed by atoms with Gasteiger partial charge >= 0.3 is 0 Å². The molecule has 0 saturated carbocycles. The van der Waals surface area contributed by atoms with Crippen molar-refractivity contribution < 1.29 is 9.90 Å². The SMILES string of the molecule is CN(Cc1cscn1)C(=O)CCCCO. The Morgan fingerprint density at radius 2 is 2.40 bits per heavy atom. The molecule has 1 heterocycles. The van der Waals surface area contributed by atoms with Gasteiger partial charge in [-0.15, -0.1) is 11.3 Å². The fourth-order valence-corrected chi connectivity index (χ4v) is 1.78. The quantitative estimate of drug-likeness (QED) is 0.746. The molecule has 0 radical (unpaired) electrons. The average molecular weight is 228 g/mol. The van der Waals surface area contributed by atoms with Gasteiger partial charge in [0.05, 0.1) is 17.7 Å². The molecular formula is C10H16N2O2S. The molecule has 1 amide bonds. The fourth-order valence-electron chi connectivity index (χ4n) is 1.23. The van der Waals surface area contributed by atoms with Gasteiger partial charge in [-0.3, -0.25) is 4.79 Å². The van der Waals surface area contributed by atoms with Crippen molar-refractivity contribution in [2.75, 3.05) is 13.7 Å². The summed E-state index contributed by atoms with van der Waals surface area (Å²) in [5.74, 6) is 0.108. The zero-order chi connectivity index (χ0) is 11.1. The van der Waals surface area contributed by atoms with Crippen LogP contribution in [-0.2, 0) is 11.3 Å². The first-order valence-electron chi connectivity index (χ1n) is 4.96. The monoisotopic (exact) mass is 228 g/mol. The number of unbranched alkanes of at least 4 members (excludes halogenated alkanes) is 1. The second-order valence-electron chi connectivity index (χ2n) is 3.41. The lowest BCUT2D eigenvalue weighted by Gasteiger charge is -2.15. The summed E-state index contributed by atoms with van der Waals surface area (Å²) in [6.45, 7) is 0.727. The van der Waals surface area contributed by atoms with Gasteiger partial charge in [-0.2, -0.15) is 0 Å². The van der Waals surface area contributed by atoms with Crippen LogP contribution in [0.1, 0.15) is 25.0 Å². The van der Waals surface area contributed by atoms with E-state index in [1.165, 1.54) is 11.3 Å². The number of aliphatic hydroxyl groups is 1. The summed E-state index contributed by atoms with van der Waals surface area (Å²) in [6, 6.07) is 0. The van der Waals surface area contributed by atoms with E-state index >= 15 is 0 Å². The van der Waals surface area contributed by atoms with Gasteiger partial charge in [0.15, 0.2) is 0 Å². The Labute approximate surface area is 93.6 Å². The van der Waals surface area contributed by atoms with Gasteiger partial charge in [-0.25, -0.2) is 4.98 Å². The molecule has 0 saturated heterocycles. The molecule has 0 aliphatic rings. The number of hydrogen-bond donors (Lipinski definition) is 1. The molecule has 0 spiro atoms. The van der Waals surface area contributed by atoms with Gasteiger partial charge < -0.3 is 10.0 Å². The summed E-state index contributed by atoms with van der Waals surface area (Å²) in [5.41, 5.74) is 2.69. The van der Waals surface area contributed by atoms with E-state index in [0.29, 0.717) is 19.4 Å². The average Bonchev–Trinajstić information content (AvgIpc) is 2.70. The Kier molecular flexibility index (Phi) is 5.28. The highest BCUT2D eigenvalue weighted by Crippen LogP contribution is 2.06. The Balaban J connectivity index is 2.27. The molecule has 1 aromatic heterocycles. The predicted molar refractivity (Wildman–Crippen MR) is 59.5 cm³/mol. The first-order chi connectivity index (χ1) is 7.24. The van der Waals surface area contributed by atoms with Gasteiger partial charge in [-0.05, 0) is 12.8 Å². The lowest BCUT2D eigenvalue weighted by Crippen LogP contribution is -2.26. The Morgan fingerprint density at radius 3 is 3.00 bits per heavy atom. The molecule has 4 nitrogen and oxygen atoms in total. The summed E-state index contributed by atoms with van der Waals surface area (Å²) >= 11 is 1.53. The molecule has 1 N–H and O–H groups in total. The van der Waals surface area contributed by atoms with E-state index in [1.807, 2.05) is 5.38 Å². The zero-order valence-electron chi connectivity index (χ0n) is 8.85. The minimum Gasteiger partial charge on any atom is -0.396 e. The van der Waals surface area contributed by atoms with Crippen molar-refractivity contribution in [3.63, 3.8) is 0 Å². The first kappa shape index (κ1) is 12.1. The minimum atomic E-state index is 0.108. The second-order valence-corrected chi connectivity index (χ2v) is 4.13. The van der Waals surface area contributed by atoms with Crippen molar-refractivity contribution in [2.24, 2.45) is 0 Å². The number of amides is 1. The van der Waals surface area contributed by atoms with E-state index in [4.69, 9.17) is 5.11 Å². The van der Waals surface area contributed by atoms with Crippen molar-refractivity contribution in [3.8, 4) is 0 Å². The molecule has 0 aromatic carbocycles. The number of nitrogens with zero attached hydrogens (tertiary/aromatic N) is 2. The molecular weight excluding hydrogens is 212 g/mol. The Hall–Kier alpha value is -0.940. The zero-order valence-corrected chi connectivity index (χ0v) is 9.66. The van der Waals surface area contributed by atoms with Crippen molar-refractivity contribution in [3.05, 3.63) is 16.6 Å². The van der Waals surface area contributed by atoms with Gasteiger partial charge in [0, 0.05) is 25.5 Å². The van der Waals surface area contributed by atoms with E-state index in [9.17, 15) is 4.79 Å². The van der Waals surface area contributed by atoms with Gasteiger partial charge in [0.1, 0.15) is 0 Å². The van der Waals surface area contributed by atoms with Gasteiger partial charge in [0.2, 0.25) is 5.91 Å². The van der Waals surface area contributed by atoms with Crippen LogP contribution in [-0.4, -0.2) is 34.6 Å². The van der Waals surface area contributed by atoms with Crippen LogP contribution in [0.15, 0.2) is 10.9 Å². The maximum atomic E-state index is 11.6. The summed E-state index contributed by atoms with van der Waals surface area (Å²) < 4.78 is 0. The third-order valence-corrected chi connectivity index (χ3v) is 2.74. The number of hydrogen-bond acceptors (Lipinski definition) is 4. The molecule has 1 rings (SSSR count). The maximum Gasteiger partial charge on any atom is 0.222 e. The number of aliphatic hydroxyl groups excluding tert-OH is 1. The summed E-state index contributed by atoms with van der Waals surface area (Å²) in [7, 11) is 1.78. The molecule has 0 atom stereocenters. The third kappa shape index (κ3) is 4.40. The highest BCUT2D eigenvalue weighted by molar-refractivity contribution is 7.07. The predicted octanol–water partition coefficient (Wildman–Crippen LogP) is 1.26. The fraction of sp³-hybridized carbons (Fsp3) is 0.600. The minimum absolute atomic E-state index is 0.108. The number of aromatic nitrogens is 1. The Morgan fingerprint density at radius 1 is 1.60 bits per heavy atom. The molecule has 0 bridgehead atoms. The Bertz CT molecular complexity index is 288. The summed E-state index contributed by atoms with van der Waals surface area (Å²) in [4.78, 5) is 17.4. The van der Waals surface area contributed by atoms with Crippen LogP contribution in [0.25, 0.3) is 0 Å². The molecule has 0 aliphatic carbocycles.